The van der Waals surface area contributed by atoms with Gasteiger partial charge in [0.15, 0.2) is 0 Å². The van der Waals surface area contributed by atoms with E-state index >= 15 is 0 Å². The summed E-state index contributed by atoms with van der Waals surface area (Å²) in [6.45, 7) is 4.61. The Hall–Kier alpha value is -1.62. The molecule has 1 heterocycles. The highest BCUT2D eigenvalue weighted by atomic mass is 32.2. The highest BCUT2D eigenvalue weighted by Crippen LogP contribution is 2.10. The van der Waals surface area contributed by atoms with Crippen LogP contribution in [-0.2, 0) is 10.2 Å². The topological polar surface area (TPSA) is 88.3 Å². The van der Waals surface area contributed by atoms with Crippen LogP contribution in [0.1, 0.15) is 19.4 Å². The summed E-state index contributed by atoms with van der Waals surface area (Å²) >= 11 is 0. The molecule has 0 aliphatic heterocycles. The SMILES string of the molecule is CCN(CC)S(=O)(=O)Nc1cc(C#CCN)ccn1. The smallest absolute Gasteiger partial charge is 0.302 e. The van der Waals surface area contributed by atoms with E-state index in [9.17, 15) is 8.42 Å². The molecule has 104 valence electrons. The first-order chi connectivity index (χ1) is 9.03. The summed E-state index contributed by atoms with van der Waals surface area (Å²) in [6, 6.07) is 3.27. The first-order valence-electron chi connectivity index (χ1n) is 5.96. The van der Waals surface area contributed by atoms with Gasteiger partial charge in [-0.1, -0.05) is 25.7 Å². The number of nitrogens with two attached hydrogens (primary N) is 1. The number of nitrogens with one attached hydrogen (secondary N) is 1. The van der Waals surface area contributed by atoms with Gasteiger partial charge in [0, 0.05) is 24.8 Å². The molecule has 0 bridgehead atoms. The summed E-state index contributed by atoms with van der Waals surface area (Å²) < 4.78 is 27.8. The lowest BCUT2D eigenvalue weighted by Crippen LogP contribution is -2.35. The third-order valence-electron chi connectivity index (χ3n) is 2.37. The minimum atomic E-state index is -3.56. The van der Waals surface area contributed by atoms with Crippen molar-refractivity contribution in [2.45, 2.75) is 13.8 Å². The summed E-state index contributed by atoms with van der Waals surface area (Å²) in [7, 11) is -3.56. The van der Waals surface area contributed by atoms with Crippen molar-refractivity contribution in [1.82, 2.24) is 9.29 Å². The Labute approximate surface area is 114 Å². The largest absolute Gasteiger partial charge is 0.320 e. The monoisotopic (exact) mass is 282 g/mol. The van der Waals surface area contributed by atoms with E-state index in [-0.39, 0.29) is 12.4 Å². The van der Waals surface area contributed by atoms with Crippen LogP contribution in [0.4, 0.5) is 5.82 Å². The zero-order valence-corrected chi connectivity index (χ0v) is 11.9. The average molecular weight is 282 g/mol. The lowest BCUT2D eigenvalue weighted by atomic mass is 10.2. The molecule has 0 saturated carbocycles. The molecule has 0 fully saturated rings. The molecule has 0 saturated heterocycles. The molecule has 0 amide bonds. The third kappa shape index (κ3) is 4.52. The highest BCUT2D eigenvalue weighted by Gasteiger charge is 2.18. The van der Waals surface area contributed by atoms with Crippen molar-refractivity contribution < 1.29 is 8.42 Å². The summed E-state index contributed by atoms with van der Waals surface area (Å²) in [5.41, 5.74) is 5.95. The van der Waals surface area contributed by atoms with Crippen molar-refractivity contribution in [2.24, 2.45) is 5.73 Å². The number of hydrogen-bond donors (Lipinski definition) is 2. The molecule has 1 aromatic rings. The number of pyridine rings is 1. The molecule has 0 aliphatic rings. The first kappa shape index (κ1) is 15.4. The number of anilines is 1. The molecule has 6 nitrogen and oxygen atoms in total. The molecular weight excluding hydrogens is 264 g/mol. The van der Waals surface area contributed by atoms with Crippen molar-refractivity contribution >= 4 is 16.0 Å². The average Bonchev–Trinajstić information content (AvgIpc) is 2.37. The number of nitrogens with zero attached hydrogens (tertiary/aromatic N) is 2. The van der Waals surface area contributed by atoms with Crippen molar-refractivity contribution in [3.8, 4) is 11.8 Å². The summed E-state index contributed by atoms with van der Waals surface area (Å²) in [4.78, 5) is 3.97. The third-order valence-corrected chi connectivity index (χ3v) is 4.04. The van der Waals surface area contributed by atoms with E-state index in [1.807, 2.05) is 0 Å². The van der Waals surface area contributed by atoms with Crippen LogP contribution in [0.25, 0.3) is 0 Å². The van der Waals surface area contributed by atoms with Crippen LogP contribution in [0.3, 0.4) is 0 Å². The maximum atomic E-state index is 12.0. The van der Waals surface area contributed by atoms with E-state index in [0.29, 0.717) is 18.7 Å². The van der Waals surface area contributed by atoms with Gasteiger partial charge >= 0.3 is 10.2 Å². The Morgan fingerprint density at radius 1 is 1.42 bits per heavy atom. The fraction of sp³-hybridized carbons (Fsp3) is 0.417. The van der Waals surface area contributed by atoms with Gasteiger partial charge in [-0.25, -0.2) is 4.98 Å². The number of hydrogen-bond acceptors (Lipinski definition) is 4. The van der Waals surface area contributed by atoms with Gasteiger partial charge in [0.1, 0.15) is 5.82 Å². The summed E-state index contributed by atoms with van der Waals surface area (Å²) in [6.07, 6.45) is 1.50. The predicted octanol–water partition coefficient (Wildman–Crippen LogP) is 0.390. The first-order valence-corrected chi connectivity index (χ1v) is 7.40. The van der Waals surface area contributed by atoms with Crippen LogP contribution in [0.2, 0.25) is 0 Å². The van der Waals surface area contributed by atoms with Gasteiger partial charge < -0.3 is 5.73 Å². The Morgan fingerprint density at radius 2 is 2.11 bits per heavy atom. The van der Waals surface area contributed by atoms with Gasteiger partial charge in [-0.15, -0.1) is 0 Å². The van der Waals surface area contributed by atoms with Gasteiger partial charge in [-0.3, -0.25) is 4.72 Å². The molecule has 7 heteroatoms. The van der Waals surface area contributed by atoms with E-state index in [2.05, 4.69) is 21.5 Å². The Morgan fingerprint density at radius 3 is 2.68 bits per heavy atom. The molecule has 1 aromatic heterocycles. The van der Waals surface area contributed by atoms with Crippen molar-refractivity contribution in [3.63, 3.8) is 0 Å². The Kier molecular flexibility index (Phi) is 5.76. The molecule has 3 N–H and O–H groups in total. The fourth-order valence-corrected chi connectivity index (χ4v) is 2.66. The molecule has 0 aromatic carbocycles. The quantitative estimate of drug-likeness (QED) is 0.765. The zero-order valence-electron chi connectivity index (χ0n) is 11.0. The van der Waals surface area contributed by atoms with E-state index in [4.69, 9.17) is 5.73 Å². The molecule has 0 unspecified atom stereocenters. The van der Waals surface area contributed by atoms with Gasteiger partial charge in [0.2, 0.25) is 0 Å². The van der Waals surface area contributed by atoms with E-state index in [1.54, 1.807) is 26.0 Å². The molecule has 0 aliphatic carbocycles. The van der Waals surface area contributed by atoms with E-state index in [1.165, 1.54) is 10.5 Å². The van der Waals surface area contributed by atoms with Gasteiger partial charge in [0.25, 0.3) is 0 Å². The molecule has 0 atom stereocenters. The predicted molar refractivity (Wildman–Crippen MR) is 75.6 cm³/mol. The number of aromatic nitrogens is 1. The second kappa shape index (κ2) is 7.09. The lowest BCUT2D eigenvalue weighted by molar-refractivity contribution is 0.449. The normalized spacial score (nSPS) is 10.9. The van der Waals surface area contributed by atoms with Crippen molar-refractivity contribution in [3.05, 3.63) is 23.9 Å². The highest BCUT2D eigenvalue weighted by molar-refractivity contribution is 7.90. The maximum absolute atomic E-state index is 12.0. The molecule has 0 radical (unpaired) electrons. The van der Waals surface area contributed by atoms with Crippen LogP contribution in [0.5, 0.6) is 0 Å². The summed E-state index contributed by atoms with van der Waals surface area (Å²) in [5, 5.41) is 0. The minimum Gasteiger partial charge on any atom is -0.320 e. The van der Waals surface area contributed by atoms with Crippen LogP contribution in [0.15, 0.2) is 18.3 Å². The second-order valence-electron chi connectivity index (χ2n) is 3.63. The summed E-state index contributed by atoms with van der Waals surface area (Å²) in [5.74, 6) is 5.77. The molecule has 1 rings (SSSR count). The second-order valence-corrected chi connectivity index (χ2v) is 5.30. The standard InChI is InChI=1S/C12H18N4O2S/c1-3-16(4-2)19(17,18)15-12-10-11(6-5-8-13)7-9-14-12/h7,9-10H,3-4,8,13H2,1-2H3,(H,14,15). The molecule has 0 spiro atoms. The zero-order chi connectivity index (χ0) is 14.3. The minimum absolute atomic E-state index is 0.246. The molecular formula is C12H18N4O2S. The lowest BCUT2D eigenvalue weighted by Gasteiger charge is -2.18. The fourth-order valence-electron chi connectivity index (χ4n) is 1.48. The maximum Gasteiger partial charge on any atom is 0.302 e. The van der Waals surface area contributed by atoms with Crippen LogP contribution in [-0.4, -0.2) is 37.3 Å². The van der Waals surface area contributed by atoms with Crippen LogP contribution in [0, 0.1) is 11.8 Å². The van der Waals surface area contributed by atoms with Crippen molar-refractivity contribution in [2.75, 3.05) is 24.4 Å². The Balaban J connectivity index is 2.94. The Bertz CT molecular complexity index is 571. The van der Waals surface area contributed by atoms with Gasteiger partial charge in [-0.2, -0.15) is 12.7 Å². The van der Waals surface area contributed by atoms with Gasteiger partial charge in [-0.05, 0) is 12.1 Å². The molecule has 19 heavy (non-hydrogen) atoms. The van der Waals surface area contributed by atoms with Crippen molar-refractivity contribution in [1.29, 1.82) is 0 Å². The van der Waals surface area contributed by atoms with E-state index < -0.39 is 10.2 Å². The van der Waals surface area contributed by atoms with Gasteiger partial charge in [0.05, 0.1) is 6.54 Å². The van der Waals surface area contributed by atoms with E-state index in [0.717, 1.165) is 0 Å². The van der Waals surface area contributed by atoms with Crippen LogP contribution >= 0.6 is 0 Å². The number of rotatable bonds is 5. The van der Waals surface area contributed by atoms with Crippen LogP contribution < -0.4 is 10.5 Å².